The van der Waals surface area contributed by atoms with E-state index >= 15 is 0 Å². The number of aromatic nitrogens is 2. The standard InChI is InChI=1S/C12H15N3O/c1-2-5-15(8-10-3-4-10)12-7-13-6-11(9-16)14-12/h1,6-7,10,16H,3-5,8-9H2. The van der Waals surface area contributed by atoms with E-state index in [1.54, 1.807) is 12.4 Å². The van der Waals surface area contributed by atoms with Gasteiger partial charge in [-0.1, -0.05) is 5.92 Å². The van der Waals surface area contributed by atoms with E-state index in [0.717, 1.165) is 18.3 Å². The molecule has 1 aromatic heterocycles. The SMILES string of the molecule is C#CCN(CC1CC1)c1cncc(CO)n1. The van der Waals surface area contributed by atoms with E-state index in [9.17, 15) is 0 Å². The molecule has 4 heteroatoms. The summed E-state index contributed by atoms with van der Waals surface area (Å²) in [6.45, 7) is 1.39. The molecule has 16 heavy (non-hydrogen) atoms. The Morgan fingerprint density at radius 1 is 1.50 bits per heavy atom. The molecule has 1 aliphatic carbocycles. The predicted octanol–water partition coefficient (Wildman–Crippen LogP) is 0.818. The van der Waals surface area contributed by atoms with Crippen molar-refractivity contribution in [3.05, 3.63) is 18.1 Å². The first kappa shape index (κ1) is 10.9. The number of hydrogen-bond donors (Lipinski definition) is 1. The van der Waals surface area contributed by atoms with Gasteiger partial charge in [-0.05, 0) is 18.8 Å². The molecule has 0 aromatic carbocycles. The molecule has 0 amide bonds. The van der Waals surface area contributed by atoms with Crippen LogP contribution in [-0.4, -0.2) is 28.2 Å². The Morgan fingerprint density at radius 3 is 2.94 bits per heavy atom. The molecule has 0 unspecified atom stereocenters. The van der Waals surface area contributed by atoms with Gasteiger partial charge in [-0.3, -0.25) is 4.98 Å². The van der Waals surface area contributed by atoms with Crippen LogP contribution in [0.1, 0.15) is 18.5 Å². The summed E-state index contributed by atoms with van der Waals surface area (Å²) in [5, 5.41) is 9.01. The quantitative estimate of drug-likeness (QED) is 0.742. The van der Waals surface area contributed by atoms with Crippen molar-refractivity contribution in [2.24, 2.45) is 5.92 Å². The van der Waals surface area contributed by atoms with E-state index in [1.807, 2.05) is 4.90 Å². The molecule has 0 radical (unpaired) electrons. The van der Waals surface area contributed by atoms with Crippen LogP contribution >= 0.6 is 0 Å². The van der Waals surface area contributed by atoms with Crippen molar-refractivity contribution in [3.63, 3.8) is 0 Å². The lowest BCUT2D eigenvalue weighted by Gasteiger charge is -2.20. The van der Waals surface area contributed by atoms with Gasteiger partial charge >= 0.3 is 0 Å². The largest absolute Gasteiger partial charge is 0.390 e. The molecule has 2 rings (SSSR count). The summed E-state index contributed by atoms with van der Waals surface area (Å²) >= 11 is 0. The first-order valence-electron chi connectivity index (χ1n) is 5.43. The van der Waals surface area contributed by atoms with Crippen molar-refractivity contribution in [2.75, 3.05) is 18.0 Å². The van der Waals surface area contributed by atoms with Crippen LogP contribution in [0, 0.1) is 18.3 Å². The van der Waals surface area contributed by atoms with Crippen LogP contribution in [0.2, 0.25) is 0 Å². The Bertz CT molecular complexity index is 395. The van der Waals surface area contributed by atoms with Crippen molar-refractivity contribution in [2.45, 2.75) is 19.4 Å². The molecule has 1 saturated carbocycles. The summed E-state index contributed by atoms with van der Waals surface area (Å²) in [4.78, 5) is 10.4. The van der Waals surface area contributed by atoms with Gasteiger partial charge in [0.25, 0.3) is 0 Å². The highest BCUT2D eigenvalue weighted by Crippen LogP contribution is 2.30. The van der Waals surface area contributed by atoms with Crippen LogP contribution in [0.5, 0.6) is 0 Å². The van der Waals surface area contributed by atoms with Gasteiger partial charge in [0.15, 0.2) is 0 Å². The average Bonchev–Trinajstić information content (AvgIpc) is 3.12. The maximum Gasteiger partial charge on any atom is 0.148 e. The minimum absolute atomic E-state index is 0.0891. The van der Waals surface area contributed by atoms with E-state index in [1.165, 1.54) is 12.8 Å². The molecular formula is C12H15N3O. The van der Waals surface area contributed by atoms with Crippen LogP contribution in [0.25, 0.3) is 0 Å². The van der Waals surface area contributed by atoms with E-state index in [2.05, 4.69) is 15.9 Å². The highest BCUT2D eigenvalue weighted by atomic mass is 16.3. The summed E-state index contributed by atoms with van der Waals surface area (Å²) in [6.07, 6.45) is 11.1. The van der Waals surface area contributed by atoms with Crippen LogP contribution in [0.3, 0.4) is 0 Å². The van der Waals surface area contributed by atoms with Gasteiger partial charge in [-0.25, -0.2) is 4.98 Å². The number of aliphatic hydroxyl groups excluding tert-OH is 1. The molecule has 0 saturated heterocycles. The molecule has 1 aromatic rings. The average molecular weight is 217 g/mol. The molecule has 84 valence electrons. The van der Waals surface area contributed by atoms with Gasteiger partial charge < -0.3 is 10.0 Å². The van der Waals surface area contributed by atoms with Gasteiger partial charge in [0.2, 0.25) is 0 Å². The van der Waals surface area contributed by atoms with E-state index < -0.39 is 0 Å². The van der Waals surface area contributed by atoms with Crippen LogP contribution in [0.4, 0.5) is 5.82 Å². The maximum absolute atomic E-state index is 9.01. The fraction of sp³-hybridized carbons (Fsp3) is 0.500. The third-order valence-corrected chi connectivity index (χ3v) is 2.62. The van der Waals surface area contributed by atoms with Crippen LogP contribution in [-0.2, 0) is 6.61 Å². The van der Waals surface area contributed by atoms with Crippen molar-refractivity contribution >= 4 is 5.82 Å². The molecule has 0 spiro atoms. The Balaban J connectivity index is 2.12. The molecule has 1 heterocycles. The minimum Gasteiger partial charge on any atom is -0.390 e. The van der Waals surface area contributed by atoms with Crippen molar-refractivity contribution in [1.29, 1.82) is 0 Å². The van der Waals surface area contributed by atoms with Crippen molar-refractivity contribution < 1.29 is 5.11 Å². The number of nitrogens with zero attached hydrogens (tertiary/aromatic N) is 3. The summed E-state index contributed by atoms with van der Waals surface area (Å²) < 4.78 is 0. The smallest absolute Gasteiger partial charge is 0.148 e. The lowest BCUT2D eigenvalue weighted by atomic mass is 10.3. The third-order valence-electron chi connectivity index (χ3n) is 2.62. The Morgan fingerprint density at radius 2 is 2.31 bits per heavy atom. The Labute approximate surface area is 95.3 Å². The third kappa shape index (κ3) is 2.71. The fourth-order valence-corrected chi connectivity index (χ4v) is 1.58. The monoisotopic (exact) mass is 217 g/mol. The summed E-state index contributed by atoms with van der Waals surface area (Å²) in [6, 6.07) is 0. The van der Waals surface area contributed by atoms with Gasteiger partial charge in [-0.2, -0.15) is 0 Å². The van der Waals surface area contributed by atoms with Gasteiger partial charge in [0.1, 0.15) is 5.82 Å². The van der Waals surface area contributed by atoms with E-state index in [4.69, 9.17) is 11.5 Å². The molecule has 0 aliphatic heterocycles. The first-order chi connectivity index (χ1) is 7.83. The summed E-state index contributed by atoms with van der Waals surface area (Å²) in [5.74, 6) is 4.14. The normalized spacial score (nSPS) is 14.5. The molecule has 4 nitrogen and oxygen atoms in total. The highest BCUT2D eigenvalue weighted by molar-refractivity contribution is 5.38. The number of rotatable bonds is 5. The predicted molar refractivity (Wildman–Crippen MR) is 61.7 cm³/mol. The fourth-order valence-electron chi connectivity index (χ4n) is 1.58. The molecular weight excluding hydrogens is 202 g/mol. The van der Waals surface area contributed by atoms with Crippen molar-refractivity contribution in [1.82, 2.24) is 9.97 Å². The lowest BCUT2D eigenvalue weighted by Crippen LogP contribution is -2.27. The second-order valence-corrected chi connectivity index (χ2v) is 4.05. The zero-order valence-corrected chi connectivity index (χ0v) is 9.13. The van der Waals surface area contributed by atoms with Crippen LogP contribution < -0.4 is 4.90 Å². The molecule has 0 atom stereocenters. The second-order valence-electron chi connectivity index (χ2n) is 4.05. The maximum atomic E-state index is 9.01. The van der Waals surface area contributed by atoms with Gasteiger partial charge in [0.05, 0.1) is 31.2 Å². The zero-order chi connectivity index (χ0) is 11.4. The number of anilines is 1. The van der Waals surface area contributed by atoms with Crippen LogP contribution in [0.15, 0.2) is 12.4 Å². The zero-order valence-electron chi connectivity index (χ0n) is 9.13. The van der Waals surface area contributed by atoms with E-state index in [0.29, 0.717) is 12.2 Å². The highest BCUT2D eigenvalue weighted by Gasteiger charge is 2.24. The van der Waals surface area contributed by atoms with Gasteiger partial charge in [0, 0.05) is 6.54 Å². The first-order valence-corrected chi connectivity index (χ1v) is 5.43. The summed E-state index contributed by atoms with van der Waals surface area (Å²) in [7, 11) is 0. The lowest BCUT2D eigenvalue weighted by molar-refractivity contribution is 0.276. The van der Waals surface area contributed by atoms with Gasteiger partial charge in [-0.15, -0.1) is 6.42 Å². The molecule has 1 aliphatic rings. The summed E-state index contributed by atoms with van der Waals surface area (Å²) in [5.41, 5.74) is 0.579. The number of terminal acetylenes is 1. The number of hydrogen-bond acceptors (Lipinski definition) is 4. The van der Waals surface area contributed by atoms with E-state index in [-0.39, 0.29) is 6.61 Å². The topological polar surface area (TPSA) is 49.2 Å². The Kier molecular flexibility index (Phi) is 3.37. The second kappa shape index (κ2) is 4.95. The van der Waals surface area contributed by atoms with Crippen molar-refractivity contribution in [3.8, 4) is 12.3 Å². The molecule has 0 bridgehead atoms. The Hall–Kier alpha value is -1.60. The molecule has 1 fully saturated rings. The minimum atomic E-state index is -0.0891. The number of aliphatic hydroxyl groups is 1. The molecule has 1 N–H and O–H groups in total.